The van der Waals surface area contributed by atoms with Crippen LogP contribution in [0.15, 0.2) is 42.5 Å². The molecule has 8 heteroatoms. The Morgan fingerprint density at radius 3 is 2.24 bits per heavy atom. The van der Waals surface area contributed by atoms with Crippen LogP contribution < -0.4 is 19.7 Å². The van der Waals surface area contributed by atoms with Crippen LogP contribution in [0.4, 0.5) is 16.2 Å². The van der Waals surface area contributed by atoms with Crippen molar-refractivity contribution in [2.45, 2.75) is 39.8 Å². The van der Waals surface area contributed by atoms with E-state index in [1.54, 1.807) is 7.11 Å². The predicted octanol–water partition coefficient (Wildman–Crippen LogP) is 5.20. The highest BCUT2D eigenvalue weighted by Crippen LogP contribution is 2.30. The molecule has 1 aliphatic heterocycles. The first kappa shape index (κ1) is 26.0. The van der Waals surface area contributed by atoms with Crippen LogP contribution in [0.25, 0.3) is 0 Å². The molecular weight excluding hydrogens is 452 g/mol. The summed E-state index contributed by atoms with van der Waals surface area (Å²) in [5, 5.41) is 3.73. The second-order valence-corrected chi connectivity index (χ2v) is 9.46. The molecule has 1 fully saturated rings. The average Bonchev–Trinajstić information content (AvgIpc) is 2.82. The number of ether oxygens (including phenoxy) is 2. The van der Waals surface area contributed by atoms with Gasteiger partial charge in [-0.2, -0.15) is 0 Å². The van der Waals surface area contributed by atoms with Gasteiger partial charge in [0.2, 0.25) is 0 Å². The van der Waals surface area contributed by atoms with Gasteiger partial charge in [0, 0.05) is 67.3 Å². The van der Waals surface area contributed by atoms with Crippen LogP contribution in [-0.4, -0.2) is 74.4 Å². The normalized spacial score (nSPS) is 14.1. The van der Waals surface area contributed by atoms with Crippen LogP contribution in [0, 0.1) is 0 Å². The maximum absolute atomic E-state index is 12.9. The van der Waals surface area contributed by atoms with E-state index in [4.69, 9.17) is 21.1 Å². The number of rotatable bonds is 9. The fourth-order valence-corrected chi connectivity index (χ4v) is 4.39. The molecule has 0 atom stereocenters. The van der Waals surface area contributed by atoms with Crippen LogP contribution in [0.3, 0.4) is 0 Å². The number of methoxy groups -OCH3 is 1. The molecule has 0 aliphatic carbocycles. The van der Waals surface area contributed by atoms with Crippen molar-refractivity contribution < 1.29 is 14.3 Å². The van der Waals surface area contributed by atoms with E-state index in [9.17, 15) is 4.79 Å². The van der Waals surface area contributed by atoms with Crippen LogP contribution in [0.5, 0.6) is 11.5 Å². The summed E-state index contributed by atoms with van der Waals surface area (Å²) in [5.74, 6) is 1.27. The Balaban J connectivity index is 1.55. The molecule has 1 aliphatic rings. The average molecular weight is 489 g/mol. The minimum absolute atomic E-state index is 0.113. The Morgan fingerprint density at radius 1 is 1.00 bits per heavy atom. The third-order valence-corrected chi connectivity index (χ3v) is 6.36. The number of nitrogens with one attached hydrogen (secondary N) is 1. The molecule has 0 aromatic heterocycles. The van der Waals surface area contributed by atoms with Gasteiger partial charge in [0.25, 0.3) is 0 Å². The maximum atomic E-state index is 12.9. The second kappa shape index (κ2) is 12.2. The van der Waals surface area contributed by atoms with Gasteiger partial charge >= 0.3 is 6.03 Å². The van der Waals surface area contributed by atoms with Crippen LogP contribution in [0.1, 0.15) is 27.7 Å². The van der Waals surface area contributed by atoms with Gasteiger partial charge in [-0.3, -0.25) is 4.90 Å². The number of carbonyl (C=O) groups is 1. The Hall–Kier alpha value is -2.64. The second-order valence-electron chi connectivity index (χ2n) is 9.02. The van der Waals surface area contributed by atoms with Gasteiger partial charge in [-0.1, -0.05) is 11.6 Å². The molecule has 0 radical (unpaired) electrons. The third-order valence-electron chi connectivity index (χ3n) is 6.11. The van der Waals surface area contributed by atoms with E-state index in [1.807, 2.05) is 47.4 Å². The van der Waals surface area contributed by atoms with Gasteiger partial charge in [0.1, 0.15) is 6.61 Å². The van der Waals surface area contributed by atoms with E-state index < -0.39 is 0 Å². The Kier molecular flexibility index (Phi) is 9.30. The molecular formula is C26H37ClN4O3. The lowest BCUT2D eigenvalue weighted by atomic mass is 10.2. The molecule has 1 saturated heterocycles. The number of anilines is 2. The molecule has 2 aromatic rings. The number of benzene rings is 2. The lowest BCUT2D eigenvalue weighted by Gasteiger charge is -2.36. The van der Waals surface area contributed by atoms with Crippen molar-refractivity contribution in [3.05, 3.63) is 47.5 Å². The predicted molar refractivity (Wildman–Crippen MR) is 140 cm³/mol. The van der Waals surface area contributed by atoms with Crippen LogP contribution in [-0.2, 0) is 0 Å². The number of piperazine rings is 1. The van der Waals surface area contributed by atoms with E-state index in [-0.39, 0.29) is 6.03 Å². The summed E-state index contributed by atoms with van der Waals surface area (Å²) < 4.78 is 11.5. The first-order valence-corrected chi connectivity index (χ1v) is 12.3. The summed E-state index contributed by atoms with van der Waals surface area (Å²) >= 11 is 5.99. The minimum Gasteiger partial charge on any atom is -0.493 e. The zero-order valence-corrected chi connectivity index (χ0v) is 21.6. The van der Waals surface area contributed by atoms with Crippen molar-refractivity contribution >= 4 is 29.0 Å². The molecule has 2 amide bonds. The number of halogens is 1. The van der Waals surface area contributed by atoms with E-state index in [0.29, 0.717) is 49.0 Å². The maximum Gasteiger partial charge on any atom is 0.321 e. The van der Waals surface area contributed by atoms with Crippen molar-refractivity contribution in [2.75, 3.05) is 56.7 Å². The number of nitrogens with zero attached hydrogens (tertiary/aromatic N) is 3. The highest BCUT2D eigenvalue weighted by molar-refractivity contribution is 6.30. The largest absolute Gasteiger partial charge is 0.493 e. The standard InChI is InChI=1S/C26H37ClN4O3/c1-19(2)31(20(3)4)16-17-34-25-18-22(8-11-24(25)33-5)28-26(32)30-14-12-29(13-15-30)23-9-6-21(27)7-10-23/h6-11,18-20H,12-17H2,1-5H3,(H,28,32). The van der Waals surface area contributed by atoms with Crippen molar-refractivity contribution in [3.8, 4) is 11.5 Å². The molecule has 1 heterocycles. The van der Waals surface area contributed by atoms with E-state index in [0.717, 1.165) is 30.3 Å². The summed E-state index contributed by atoms with van der Waals surface area (Å²) in [7, 11) is 1.62. The van der Waals surface area contributed by atoms with Gasteiger partial charge in [-0.25, -0.2) is 4.79 Å². The molecule has 0 saturated carbocycles. The van der Waals surface area contributed by atoms with Crippen molar-refractivity contribution in [3.63, 3.8) is 0 Å². The fraction of sp³-hybridized carbons (Fsp3) is 0.500. The van der Waals surface area contributed by atoms with E-state index >= 15 is 0 Å². The third kappa shape index (κ3) is 6.93. The molecule has 186 valence electrons. The molecule has 34 heavy (non-hydrogen) atoms. The molecule has 3 rings (SSSR count). The minimum atomic E-state index is -0.113. The smallest absolute Gasteiger partial charge is 0.321 e. The van der Waals surface area contributed by atoms with Crippen LogP contribution >= 0.6 is 11.6 Å². The first-order valence-electron chi connectivity index (χ1n) is 11.9. The first-order chi connectivity index (χ1) is 16.3. The van der Waals surface area contributed by atoms with Crippen molar-refractivity contribution in [1.82, 2.24) is 9.80 Å². The molecule has 1 N–H and O–H groups in total. The molecule has 0 unspecified atom stereocenters. The zero-order chi connectivity index (χ0) is 24.7. The lowest BCUT2D eigenvalue weighted by molar-refractivity contribution is 0.140. The number of urea groups is 1. The summed E-state index contributed by atoms with van der Waals surface area (Å²) in [6.45, 7) is 12.9. The quantitative estimate of drug-likeness (QED) is 0.525. The summed E-state index contributed by atoms with van der Waals surface area (Å²) in [4.78, 5) is 19.3. The topological polar surface area (TPSA) is 57.3 Å². The molecule has 0 bridgehead atoms. The van der Waals surface area contributed by atoms with E-state index in [1.165, 1.54) is 0 Å². The zero-order valence-electron chi connectivity index (χ0n) is 20.9. The van der Waals surface area contributed by atoms with Crippen LogP contribution in [0.2, 0.25) is 5.02 Å². The van der Waals surface area contributed by atoms with Crippen molar-refractivity contribution in [1.29, 1.82) is 0 Å². The Bertz CT molecular complexity index is 920. The van der Waals surface area contributed by atoms with Gasteiger partial charge in [0.15, 0.2) is 11.5 Å². The lowest BCUT2D eigenvalue weighted by Crippen LogP contribution is -2.50. The monoisotopic (exact) mass is 488 g/mol. The summed E-state index contributed by atoms with van der Waals surface area (Å²) in [6, 6.07) is 14.1. The number of hydrogen-bond donors (Lipinski definition) is 1. The highest BCUT2D eigenvalue weighted by atomic mass is 35.5. The number of hydrogen-bond acceptors (Lipinski definition) is 5. The van der Waals surface area contributed by atoms with E-state index in [2.05, 4.69) is 42.8 Å². The van der Waals surface area contributed by atoms with Gasteiger partial charge < -0.3 is 24.6 Å². The number of carbonyl (C=O) groups excluding carboxylic acids is 1. The van der Waals surface area contributed by atoms with Crippen molar-refractivity contribution in [2.24, 2.45) is 0 Å². The van der Waals surface area contributed by atoms with Gasteiger partial charge in [-0.05, 0) is 64.1 Å². The number of amides is 2. The highest BCUT2D eigenvalue weighted by Gasteiger charge is 2.22. The Morgan fingerprint density at radius 2 is 1.65 bits per heavy atom. The fourth-order valence-electron chi connectivity index (χ4n) is 4.26. The molecule has 7 nitrogen and oxygen atoms in total. The SMILES string of the molecule is COc1ccc(NC(=O)N2CCN(c3ccc(Cl)cc3)CC2)cc1OCCN(C(C)C)C(C)C. The van der Waals surface area contributed by atoms with Gasteiger partial charge in [0.05, 0.1) is 7.11 Å². The van der Waals surface area contributed by atoms with Gasteiger partial charge in [-0.15, -0.1) is 0 Å². The Labute approximate surface area is 208 Å². The summed E-state index contributed by atoms with van der Waals surface area (Å²) in [5.41, 5.74) is 1.81. The molecule has 2 aromatic carbocycles. The molecule has 0 spiro atoms. The summed E-state index contributed by atoms with van der Waals surface area (Å²) in [6.07, 6.45) is 0.